The Kier molecular flexibility index (Phi) is 5.98. The van der Waals surface area contributed by atoms with Gasteiger partial charge in [0.05, 0.1) is 6.61 Å². The summed E-state index contributed by atoms with van der Waals surface area (Å²) in [5.41, 5.74) is 2.79. The number of hydrogen-bond donors (Lipinski definition) is 1. The Morgan fingerprint density at radius 2 is 1.83 bits per heavy atom. The van der Waals surface area contributed by atoms with Gasteiger partial charge in [0, 0.05) is 31.6 Å². The van der Waals surface area contributed by atoms with Gasteiger partial charge in [-0.25, -0.2) is 0 Å². The SMILES string of the molecule is CCCOc1cccc(-c2cccc3c(C(=O)N4CCNC(=O)CC4)cccc23)c1. The van der Waals surface area contributed by atoms with Gasteiger partial charge >= 0.3 is 0 Å². The number of carbonyl (C=O) groups excluding carboxylic acids is 2. The first-order valence-electron chi connectivity index (χ1n) is 10.5. The van der Waals surface area contributed by atoms with Crippen LogP contribution in [-0.2, 0) is 4.79 Å². The van der Waals surface area contributed by atoms with Crippen LogP contribution in [0.15, 0.2) is 60.7 Å². The number of amides is 2. The lowest BCUT2D eigenvalue weighted by molar-refractivity contribution is -0.120. The molecule has 0 spiro atoms. The minimum Gasteiger partial charge on any atom is -0.494 e. The molecule has 4 rings (SSSR count). The fourth-order valence-corrected chi connectivity index (χ4v) is 3.86. The summed E-state index contributed by atoms with van der Waals surface area (Å²) in [6, 6.07) is 20.0. The zero-order valence-corrected chi connectivity index (χ0v) is 17.2. The van der Waals surface area contributed by atoms with Crippen molar-refractivity contribution in [3.05, 3.63) is 66.2 Å². The molecule has 0 radical (unpaired) electrons. The van der Waals surface area contributed by atoms with Gasteiger partial charge in [-0.1, -0.05) is 49.4 Å². The lowest BCUT2D eigenvalue weighted by Gasteiger charge is -2.21. The minimum absolute atomic E-state index is 0.00400. The van der Waals surface area contributed by atoms with E-state index in [1.54, 1.807) is 4.90 Å². The van der Waals surface area contributed by atoms with Crippen molar-refractivity contribution in [2.45, 2.75) is 19.8 Å². The molecule has 1 saturated heterocycles. The summed E-state index contributed by atoms with van der Waals surface area (Å²) in [6.07, 6.45) is 1.30. The lowest BCUT2D eigenvalue weighted by Crippen LogP contribution is -2.34. The third kappa shape index (κ3) is 4.15. The number of carbonyl (C=O) groups is 2. The zero-order chi connectivity index (χ0) is 20.9. The van der Waals surface area contributed by atoms with Crippen LogP contribution in [0.5, 0.6) is 5.75 Å². The highest BCUT2D eigenvalue weighted by Gasteiger charge is 2.21. The summed E-state index contributed by atoms with van der Waals surface area (Å²) in [5, 5.41) is 4.77. The van der Waals surface area contributed by atoms with Crippen molar-refractivity contribution in [3.63, 3.8) is 0 Å². The highest BCUT2D eigenvalue weighted by atomic mass is 16.5. The number of ether oxygens (including phenoxy) is 1. The summed E-state index contributed by atoms with van der Waals surface area (Å²) < 4.78 is 5.80. The van der Waals surface area contributed by atoms with Gasteiger partial charge in [-0.2, -0.15) is 0 Å². The molecule has 5 nitrogen and oxygen atoms in total. The largest absolute Gasteiger partial charge is 0.494 e. The van der Waals surface area contributed by atoms with E-state index in [1.165, 1.54) is 0 Å². The predicted octanol–water partition coefficient (Wildman–Crippen LogP) is 4.26. The van der Waals surface area contributed by atoms with Crippen molar-refractivity contribution in [1.29, 1.82) is 0 Å². The Morgan fingerprint density at radius 1 is 1.03 bits per heavy atom. The molecule has 2 amide bonds. The van der Waals surface area contributed by atoms with Crippen molar-refractivity contribution in [2.75, 3.05) is 26.2 Å². The third-order valence-corrected chi connectivity index (χ3v) is 5.37. The number of nitrogens with one attached hydrogen (secondary N) is 1. The van der Waals surface area contributed by atoms with Crippen LogP contribution >= 0.6 is 0 Å². The van der Waals surface area contributed by atoms with E-state index in [-0.39, 0.29) is 11.8 Å². The molecular formula is C25H26N2O3. The van der Waals surface area contributed by atoms with E-state index in [4.69, 9.17) is 4.74 Å². The molecule has 5 heteroatoms. The molecule has 0 saturated carbocycles. The van der Waals surface area contributed by atoms with Gasteiger partial charge in [-0.3, -0.25) is 9.59 Å². The average molecular weight is 402 g/mol. The summed E-state index contributed by atoms with van der Waals surface area (Å²) in [4.78, 5) is 26.7. The highest BCUT2D eigenvalue weighted by Crippen LogP contribution is 2.32. The normalized spacial score (nSPS) is 14.3. The van der Waals surface area contributed by atoms with Crippen molar-refractivity contribution < 1.29 is 14.3 Å². The van der Waals surface area contributed by atoms with E-state index in [2.05, 4.69) is 30.4 Å². The molecule has 0 unspecified atom stereocenters. The van der Waals surface area contributed by atoms with Crippen molar-refractivity contribution in [2.24, 2.45) is 0 Å². The Balaban J connectivity index is 1.72. The summed E-state index contributed by atoms with van der Waals surface area (Å²) in [5.74, 6) is 0.810. The van der Waals surface area contributed by atoms with E-state index in [9.17, 15) is 9.59 Å². The molecule has 0 aromatic heterocycles. The van der Waals surface area contributed by atoms with Crippen LogP contribution in [-0.4, -0.2) is 43.0 Å². The molecular weight excluding hydrogens is 376 g/mol. The van der Waals surface area contributed by atoms with Gasteiger partial charge in [0.1, 0.15) is 5.75 Å². The second-order valence-corrected chi connectivity index (χ2v) is 7.47. The smallest absolute Gasteiger partial charge is 0.254 e. The van der Waals surface area contributed by atoms with Crippen molar-refractivity contribution in [1.82, 2.24) is 10.2 Å². The Hall–Kier alpha value is -3.34. The summed E-state index contributed by atoms with van der Waals surface area (Å²) in [6.45, 7) is 4.23. The topological polar surface area (TPSA) is 58.6 Å². The van der Waals surface area contributed by atoms with Gasteiger partial charge < -0.3 is 15.0 Å². The fraction of sp³-hybridized carbons (Fsp3) is 0.280. The molecule has 154 valence electrons. The number of rotatable bonds is 5. The molecule has 3 aromatic carbocycles. The number of nitrogens with zero attached hydrogens (tertiary/aromatic N) is 1. The molecule has 1 fully saturated rings. The predicted molar refractivity (Wildman–Crippen MR) is 119 cm³/mol. The first-order chi connectivity index (χ1) is 14.7. The summed E-state index contributed by atoms with van der Waals surface area (Å²) >= 11 is 0. The van der Waals surface area contributed by atoms with Crippen LogP contribution in [0.3, 0.4) is 0 Å². The van der Waals surface area contributed by atoms with Crippen molar-refractivity contribution in [3.8, 4) is 16.9 Å². The van der Waals surface area contributed by atoms with Gasteiger partial charge in [0.2, 0.25) is 5.91 Å². The first-order valence-corrected chi connectivity index (χ1v) is 10.5. The molecule has 1 heterocycles. The third-order valence-electron chi connectivity index (χ3n) is 5.37. The van der Waals surface area contributed by atoms with Crippen LogP contribution in [0, 0.1) is 0 Å². The standard InChI is InChI=1S/C25H26N2O3/c1-2-16-30-19-7-3-6-18(17-19)20-8-4-10-22-21(20)9-5-11-23(22)25(29)27-14-12-24(28)26-13-15-27/h3-11,17H,2,12-16H2,1H3,(H,26,28). The van der Waals surface area contributed by atoms with Gasteiger partial charge in [0.25, 0.3) is 5.91 Å². The molecule has 0 aliphatic carbocycles. The lowest BCUT2D eigenvalue weighted by atomic mass is 9.95. The number of fused-ring (bicyclic) bond motifs is 1. The molecule has 1 aliphatic rings. The fourth-order valence-electron chi connectivity index (χ4n) is 3.86. The maximum atomic E-state index is 13.3. The minimum atomic E-state index is -0.0331. The monoisotopic (exact) mass is 402 g/mol. The maximum absolute atomic E-state index is 13.3. The van der Waals surface area contributed by atoms with E-state index in [0.717, 1.165) is 34.1 Å². The number of hydrogen-bond acceptors (Lipinski definition) is 3. The molecule has 0 atom stereocenters. The Morgan fingerprint density at radius 3 is 2.70 bits per heavy atom. The van der Waals surface area contributed by atoms with Gasteiger partial charge in [-0.05, 0) is 46.5 Å². The van der Waals surface area contributed by atoms with Crippen molar-refractivity contribution >= 4 is 22.6 Å². The average Bonchev–Trinajstić information content (AvgIpc) is 3.01. The second kappa shape index (κ2) is 8.99. The van der Waals surface area contributed by atoms with Crippen LogP contribution in [0.2, 0.25) is 0 Å². The first kappa shape index (κ1) is 20.0. The Bertz CT molecular complexity index is 1080. The van der Waals surface area contributed by atoms with E-state index < -0.39 is 0 Å². The van der Waals surface area contributed by atoms with E-state index in [0.29, 0.717) is 38.2 Å². The van der Waals surface area contributed by atoms with Crippen LogP contribution in [0.25, 0.3) is 21.9 Å². The molecule has 0 bridgehead atoms. The Labute approximate surface area is 176 Å². The van der Waals surface area contributed by atoms with E-state index >= 15 is 0 Å². The highest BCUT2D eigenvalue weighted by molar-refractivity contribution is 6.10. The van der Waals surface area contributed by atoms with Gasteiger partial charge in [0.15, 0.2) is 0 Å². The number of benzene rings is 3. The van der Waals surface area contributed by atoms with Crippen LogP contribution in [0.1, 0.15) is 30.1 Å². The summed E-state index contributed by atoms with van der Waals surface area (Å²) in [7, 11) is 0. The van der Waals surface area contributed by atoms with E-state index in [1.807, 2.05) is 42.5 Å². The quantitative estimate of drug-likeness (QED) is 0.694. The molecule has 30 heavy (non-hydrogen) atoms. The van der Waals surface area contributed by atoms with Gasteiger partial charge in [-0.15, -0.1) is 0 Å². The maximum Gasteiger partial charge on any atom is 0.254 e. The van der Waals surface area contributed by atoms with Crippen LogP contribution < -0.4 is 10.1 Å². The molecule has 1 N–H and O–H groups in total. The molecule has 3 aromatic rings. The molecule has 1 aliphatic heterocycles. The second-order valence-electron chi connectivity index (χ2n) is 7.47. The zero-order valence-electron chi connectivity index (χ0n) is 17.2. The van der Waals surface area contributed by atoms with Crippen LogP contribution in [0.4, 0.5) is 0 Å².